The maximum absolute atomic E-state index is 11.9. The molecule has 0 bridgehead atoms. The number of sulfone groups is 1. The van der Waals surface area contributed by atoms with Gasteiger partial charge in [0, 0.05) is 18.8 Å². The molecule has 1 aliphatic carbocycles. The molecule has 0 spiro atoms. The molecule has 0 aromatic heterocycles. The molecule has 1 fully saturated rings. The van der Waals surface area contributed by atoms with E-state index in [2.05, 4.69) is 17.6 Å². The van der Waals surface area contributed by atoms with Crippen LogP contribution in [0.15, 0.2) is 24.3 Å². The van der Waals surface area contributed by atoms with E-state index in [1.165, 1.54) is 19.1 Å². The maximum Gasteiger partial charge on any atom is 0.315 e. The molecule has 128 valence electrons. The first kappa shape index (κ1) is 17.8. The second-order valence-corrected chi connectivity index (χ2v) is 8.82. The van der Waals surface area contributed by atoms with Crippen molar-refractivity contribution in [3.8, 4) is 0 Å². The van der Waals surface area contributed by atoms with Crippen molar-refractivity contribution in [3.63, 3.8) is 0 Å². The van der Waals surface area contributed by atoms with Crippen molar-refractivity contribution in [1.82, 2.24) is 10.6 Å². The summed E-state index contributed by atoms with van der Waals surface area (Å²) in [4.78, 5) is 11.9. The summed E-state index contributed by atoms with van der Waals surface area (Å²) in [5.74, 6) is 0.720. The first-order valence-corrected chi connectivity index (χ1v) is 10.2. The van der Waals surface area contributed by atoms with Gasteiger partial charge in [0.2, 0.25) is 0 Å². The van der Waals surface area contributed by atoms with Gasteiger partial charge in [-0.1, -0.05) is 44.0 Å². The Labute approximate surface area is 138 Å². The average Bonchev–Trinajstić information content (AvgIpc) is 2.45. The van der Waals surface area contributed by atoms with E-state index in [1.807, 2.05) is 12.1 Å². The zero-order chi connectivity index (χ0) is 16.9. The Balaban J connectivity index is 1.77. The average molecular weight is 338 g/mol. The zero-order valence-electron chi connectivity index (χ0n) is 13.8. The molecule has 2 unspecified atom stereocenters. The van der Waals surface area contributed by atoms with Gasteiger partial charge in [-0.3, -0.25) is 0 Å². The predicted molar refractivity (Wildman–Crippen MR) is 91.8 cm³/mol. The summed E-state index contributed by atoms with van der Waals surface area (Å²) in [6.45, 7) is 2.66. The molecule has 2 N–H and O–H groups in total. The summed E-state index contributed by atoms with van der Waals surface area (Å²) < 4.78 is 22.5. The third-order valence-electron chi connectivity index (χ3n) is 4.18. The number of carbonyl (C=O) groups excluding carboxylic acids is 1. The van der Waals surface area contributed by atoms with Crippen molar-refractivity contribution in [1.29, 1.82) is 0 Å². The molecule has 0 saturated heterocycles. The third kappa shape index (κ3) is 6.60. The summed E-state index contributed by atoms with van der Waals surface area (Å²) in [5.41, 5.74) is 1.71. The van der Waals surface area contributed by atoms with E-state index in [0.29, 0.717) is 12.5 Å². The lowest BCUT2D eigenvalue weighted by molar-refractivity contribution is 0.227. The highest BCUT2D eigenvalue weighted by Crippen LogP contribution is 2.23. The normalized spacial score (nSPS) is 21.7. The minimum atomic E-state index is -3.02. The second-order valence-electron chi connectivity index (χ2n) is 6.68. The van der Waals surface area contributed by atoms with Crippen LogP contribution in [0.5, 0.6) is 0 Å². The molecule has 1 saturated carbocycles. The van der Waals surface area contributed by atoms with Gasteiger partial charge in [0.15, 0.2) is 9.84 Å². The standard InChI is InChI=1S/C17H26N2O3S/c1-13-4-3-5-16(10-13)19-17(20)18-11-14-6-8-15(9-7-14)12-23(2,21)22/h6-9,13,16H,3-5,10-12H2,1-2H3,(H2,18,19,20). The van der Waals surface area contributed by atoms with E-state index in [0.717, 1.165) is 24.0 Å². The Morgan fingerprint density at radius 2 is 1.83 bits per heavy atom. The van der Waals surface area contributed by atoms with Crippen LogP contribution in [0.4, 0.5) is 4.79 Å². The highest BCUT2D eigenvalue weighted by molar-refractivity contribution is 7.89. The Morgan fingerprint density at radius 3 is 2.43 bits per heavy atom. The first-order valence-electron chi connectivity index (χ1n) is 8.12. The largest absolute Gasteiger partial charge is 0.335 e. The molecule has 23 heavy (non-hydrogen) atoms. The van der Waals surface area contributed by atoms with Crippen LogP contribution in [0.1, 0.15) is 43.7 Å². The molecule has 1 aliphatic rings. The van der Waals surface area contributed by atoms with Gasteiger partial charge < -0.3 is 10.6 Å². The molecule has 0 aliphatic heterocycles. The number of urea groups is 1. The molecule has 2 amide bonds. The molecule has 2 rings (SSSR count). The van der Waals surface area contributed by atoms with Gasteiger partial charge in [-0.2, -0.15) is 0 Å². The van der Waals surface area contributed by atoms with E-state index >= 15 is 0 Å². The molecule has 1 aromatic rings. The number of nitrogens with one attached hydrogen (secondary N) is 2. The number of hydrogen-bond donors (Lipinski definition) is 2. The van der Waals surface area contributed by atoms with Crippen molar-refractivity contribution in [2.45, 2.75) is 50.9 Å². The smallest absolute Gasteiger partial charge is 0.315 e. The topological polar surface area (TPSA) is 75.3 Å². The maximum atomic E-state index is 11.9. The van der Waals surface area contributed by atoms with Crippen molar-refractivity contribution in [2.75, 3.05) is 6.26 Å². The van der Waals surface area contributed by atoms with Crippen LogP contribution in [0.25, 0.3) is 0 Å². The second kappa shape index (κ2) is 7.81. The summed E-state index contributed by atoms with van der Waals surface area (Å²) >= 11 is 0. The van der Waals surface area contributed by atoms with Crippen LogP contribution >= 0.6 is 0 Å². The third-order valence-corrected chi connectivity index (χ3v) is 5.03. The van der Waals surface area contributed by atoms with Gasteiger partial charge in [-0.15, -0.1) is 0 Å². The molecular formula is C17H26N2O3S. The molecule has 2 atom stereocenters. The molecular weight excluding hydrogens is 312 g/mol. The van der Waals surface area contributed by atoms with Crippen molar-refractivity contribution in [3.05, 3.63) is 35.4 Å². The fourth-order valence-electron chi connectivity index (χ4n) is 3.04. The number of carbonyl (C=O) groups is 1. The van der Waals surface area contributed by atoms with Gasteiger partial charge in [-0.25, -0.2) is 13.2 Å². The molecule has 5 nitrogen and oxygen atoms in total. The first-order chi connectivity index (χ1) is 10.8. The van der Waals surface area contributed by atoms with Crippen molar-refractivity contribution in [2.24, 2.45) is 5.92 Å². The summed E-state index contributed by atoms with van der Waals surface area (Å²) in [7, 11) is -3.02. The van der Waals surface area contributed by atoms with Crippen LogP contribution in [-0.2, 0) is 22.1 Å². The minimum Gasteiger partial charge on any atom is -0.335 e. The van der Waals surface area contributed by atoms with E-state index in [4.69, 9.17) is 0 Å². The lowest BCUT2D eigenvalue weighted by Crippen LogP contribution is -2.43. The fourth-order valence-corrected chi connectivity index (χ4v) is 3.84. The highest BCUT2D eigenvalue weighted by Gasteiger charge is 2.20. The van der Waals surface area contributed by atoms with Gasteiger partial charge in [-0.05, 0) is 29.9 Å². The number of rotatable bonds is 5. The van der Waals surface area contributed by atoms with Gasteiger partial charge in [0.25, 0.3) is 0 Å². The Morgan fingerprint density at radius 1 is 1.17 bits per heavy atom. The van der Waals surface area contributed by atoms with Crippen molar-refractivity contribution < 1.29 is 13.2 Å². The number of hydrogen-bond acceptors (Lipinski definition) is 3. The molecule has 6 heteroatoms. The van der Waals surface area contributed by atoms with Crippen LogP contribution in [-0.4, -0.2) is 26.7 Å². The Kier molecular flexibility index (Phi) is 6.04. The SMILES string of the molecule is CC1CCCC(NC(=O)NCc2ccc(CS(C)(=O)=O)cc2)C1. The van der Waals surface area contributed by atoms with Crippen LogP contribution in [0.2, 0.25) is 0 Å². The molecule has 0 heterocycles. The summed E-state index contributed by atoms with van der Waals surface area (Å²) in [6.07, 6.45) is 5.75. The Hall–Kier alpha value is -1.56. The van der Waals surface area contributed by atoms with Crippen LogP contribution < -0.4 is 10.6 Å². The zero-order valence-corrected chi connectivity index (χ0v) is 14.7. The summed E-state index contributed by atoms with van der Waals surface area (Å²) in [6, 6.07) is 7.42. The lowest BCUT2D eigenvalue weighted by Gasteiger charge is -2.27. The van der Waals surface area contributed by atoms with Gasteiger partial charge in [0.1, 0.15) is 0 Å². The minimum absolute atomic E-state index is 0.0427. The van der Waals surface area contributed by atoms with Gasteiger partial charge >= 0.3 is 6.03 Å². The van der Waals surface area contributed by atoms with E-state index in [-0.39, 0.29) is 17.8 Å². The predicted octanol–water partition coefficient (Wildman–Crippen LogP) is 2.61. The number of benzene rings is 1. The highest BCUT2D eigenvalue weighted by atomic mass is 32.2. The summed E-state index contributed by atoms with van der Waals surface area (Å²) in [5, 5.41) is 5.89. The molecule has 0 radical (unpaired) electrons. The van der Waals surface area contributed by atoms with E-state index < -0.39 is 9.84 Å². The van der Waals surface area contributed by atoms with Crippen LogP contribution in [0.3, 0.4) is 0 Å². The van der Waals surface area contributed by atoms with E-state index in [9.17, 15) is 13.2 Å². The molecule has 1 aromatic carbocycles. The van der Waals surface area contributed by atoms with Crippen LogP contribution in [0, 0.1) is 5.92 Å². The van der Waals surface area contributed by atoms with Crippen molar-refractivity contribution >= 4 is 15.9 Å². The monoisotopic (exact) mass is 338 g/mol. The van der Waals surface area contributed by atoms with Gasteiger partial charge in [0.05, 0.1) is 5.75 Å². The lowest BCUT2D eigenvalue weighted by atomic mass is 9.87. The Bertz CT molecular complexity index is 626. The fraction of sp³-hybridized carbons (Fsp3) is 0.588. The number of amides is 2. The quantitative estimate of drug-likeness (QED) is 0.866. The van der Waals surface area contributed by atoms with E-state index in [1.54, 1.807) is 12.1 Å².